The van der Waals surface area contributed by atoms with Gasteiger partial charge in [-0.25, -0.2) is 35.2 Å². The zero-order chi connectivity index (χ0) is 37.0. The largest absolute Gasteiger partial charge is 0.427 e. The first-order valence-electron chi connectivity index (χ1n) is 15.7. The average molecular weight is 725 g/mol. The average Bonchev–Trinajstić information content (AvgIpc) is 3.09. The highest BCUT2D eigenvalue weighted by atomic mass is 32.2. The highest BCUT2D eigenvalue weighted by Crippen LogP contribution is 2.33. The summed E-state index contributed by atoms with van der Waals surface area (Å²) >= 11 is 0. The zero-order valence-electron chi connectivity index (χ0n) is 27.9. The molecule has 1 aliphatic rings. The van der Waals surface area contributed by atoms with Crippen LogP contribution in [0.4, 0.5) is 27.6 Å². The Hall–Kier alpha value is -4.37. The first-order valence-corrected chi connectivity index (χ1v) is 17.2. The highest BCUT2D eigenvalue weighted by molar-refractivity contribution is 7.89. The number of carbonyl (C=O) groups excluding carboxylic acids is 3. The molecule has 0 atom stereocenters. The molecule has 0 aromatic heterocycles. The molecular weight excluding hydrogens is 687 g/mol. The molecule has 1 fully saturated rings. The molecule has 4 rings (SSSR count). The van der Waals surface area contributed by atoms with Gasteiger partial charge in [-0.3, -0.25) is 9.59 Å². The van der Waals surface area contributed by atoms with Crippen molar-refractivity contribution >= 4 is 33.6 Å². The fourth-order valence-corrected chi connectivity index (χ4v) is 6.60. The second-order valence-corrected chi connectivity index (χ2v) is 15.0. The van der Waals surface area contributed by atoms with Crippen molar-refractivity contribution in [1.82, 2.24) is 4.31 Å². The number of halogens is 5. The van der Waals surface area contributed by atoms with Gasteiger partial charge in [-0.15, -0.1) is 0 Å². The lowest BCUT2D eigenvalue weighted by atomic mass is 9.84. The molecule has 0 unspecified atom stereocenters. The quantitative estimate of drug-likeness (QED) is 0.0690. The molecule has 0 aliphatic heterocycles. The minimum Gasteiger partial charge on any atom is -0.427 e. The maximum absolute atomic E-state index is 14.5. The van der Waals surface area contributed by atoms with E-state index in [0.717, 1.165) is 43.2 Å². The highest BCUT2D eigenvalue weighted by Gasteiger charge is 2.37. The first-order chi connectivity index (χ1) is 23.4. The van der Waals surface area contributed by atoms with Crippen LogP contribution in [-0.4, -0.2) is 51.0 Å². The standard InChI is InChI=1S/C35H37F5N2O7S/c1-35(2,3)34(45)49-20-48-33(44)24-14-16-25(17-15-24)42(18-21-10-12-23(13-11-21)22-8-6-5-7-9-22)26(43)19-41(4)50(46,47)32-30(39)28(37)27(36)29(38)31(32)40/h10-17,22H,5-9,18-20H2,1-4H3. The summed E-state index contributed by atoms with van der Waals surface area (Å²) in [7, 11) is -4.66. The molecule has 1 aliphatic carbocycles. The fraction of sp³-hybridized carbons (Fsp3) is 0.400. The van der Waals surface area contributed by atoms with Gasteiger partial charge in [-0.2, -0.15) is 4.31 Å². The molecule has 0 N–H and O–H groups in total. The van der Waals surface area contributed by atoms with Gasteiger partial charge in [-0.05, 0) is 74.9 Å². The van der Waals surface area contributed by atoms with Crippen LogP contribution in [0, 0.1) is 34.5 Å². The van der Waals surface area contributed by atoms with E-state index >= 15 is 0 Å². The summed E-state index contributed by atoms with van der Waals surface area (Å²) in [6.07, 6.45) is 5.55. The predicted molar refractivity (Wildman–Crippen MR) is 172 cm³/mol. The van der Waals surface area contributed by atoms with Gasteiger partial charge in [0.2, 0.25) is 28.5 Å². The van der Waals surface area contributed by atoms with Crippen molar-refractivity contribution in [3.05, 3.63) is 94.3 Å². The van der Waals surface area contributed by atoms with Crippen molar-refractivity contribution in [2.75, 3.05) is 25.3 Å². The number of likely N-dealkylation sites (N-methyl/N-ethyl adjacent to an activating group) is 1. The van der Waals surface area contributed by atoms with Gasteiger partial charge in [-0.1, -0.05) is 43.5 Å². The van der Waals surface area contributed by atoms with Crippen LogP contribution in [0.5, 0.6) is 0 Å². The molecular formula is C35H37F5N2O7S. The van der Waals surface area contributed by atoms with Crippen LogP contribution in [0.1, 0.15) is 80.3 Å². The van der Waals surface area contributed by atoms with Gasteiger partial charge in [0, 0.05) is 12.7 Å². The zero-order valence-corrected chi connectivity index (χ0v) is 28.7. The minimum atomic E-state index is -5.41. The predicted octanol–water partition coefficient (Wildman–Crippen LogP) is 6.99. The second-order valence-electron chi connectivity index (χ2n) is 13.0. The van der Waals surface area contributed by atoms with E-state index in [1.165, 1.54) is 30.7 Å². The summed E-state index contributed by atoms with van der Waals surface area (Å²) in [6, 6.07) is 12.9. The SMILES string of the molecule is CN(CC(=O)N(Cc1ccc(C2CCCCC2)cc1)c1ccc(C(=O)OCOC(=O)C(C)(C)C)cc1)S(=O)(=O)c1c(F)c(F)c(F)c(F)c1F. The van der Waals surface area contributed by atoms with E-state index in [1.54, 1.807) is 20.8 Å². The van der Waals surface area contributed by atoms with E-state index < -0.39 is 80.6 Å². The van der Waals surface area contributed by atoms with Gasteiger partial charge >= 0.3 is 11.9 Å². The summed E-state index contributed by atoms with van der Waals surface area (Å²) in [5.41, 5.74) is 1.14. The van der Waals surface area contributed by atoms with Gasteiger partial charge in [0.05, 0.1) is 24.1 Å². The van der Waals surface area contributed by atoms with Crippen LogP contribution < -0.4 is 4.90 Å². The number of hydrogen-bond donors (Lipinski definition) is 0. The number of nitrogens with zero attached hydrogens (tertiary/aromatic N) is 2. The van der Waals surface area contributed by atoms with E-state index in [0.29, 0.717) is 11.5 Å². The summed E-state index contributed by atoms with van der Waals surface area (Å²) in [4.78, 5) is 37.2. The van der Waals surface area contributed by atoms with Crippen molar-refractivity contribution in [3.8, 4) is 0 Å². The lowest BCUT2D eigenvalue weighted by molar-refractivity contribution is -0.161. The second kappa shape index (κ2) is 15.7. The third-order valence-corrected chi connectivity index (χ3v) is 10.1. The Morgan fingerprint density at radius 2 is 1.32 bits per heavy atom. The maximum Gasteiger partial charge on any atom is 0.341 e. The Balaban J connectivity index is 1.59. The molecule has 15 heteroatoms. The smallest absolute Gasteiger partial charge is 0.341 e. The van der Waals surface area contributed by atoms with Gasteiger partial charge in [0.25, 0.3) is 0 Å². The van der Waals surface area contributed by atoms with Crippen LogP contribution in [0.25, 0.3) is 0 Å². The number of sulfonamides is 1. The molecule has 9 nitrogen and oxygen atoms in total. The third kappa shape index (κ3) is 8.67. The summed E-state index contributed by atoms with van der Waals surface area (Å²) in [5.74, 6) is -14.5. The molecule has 0 radical (unpaired) electrons. The van der Waals surface area contributed by atoms with E-state index in [4.69, 9.17) is 9.47 Å². The number of ether oxygens (including phenoxy) is 2. The van der Waals surface area contributed by atoms with E-state index in [9.17, 15) is 44.8 Å². The van der Waals surface area contributed by atoms with E-state index in [1.807, 2.05) is 24.3 Å². The first kappa shape index (κ1) is 38.4. The number of benzene rings is 3. The lowest BCUT2D eigenvalue weighted by Gasteiger charge is -2.27. The van der Waals surface area contributed by atoms with Crippen molar-refractivity contribution in [3.63, 3.8) is 0 Å². The Kier molecular flexibility index (Phi) is 12.0. The third-order valence-electron chi connectivity index (χ3n) is 8.30. The van der Waals surface area contributed by atoms with Crippen molar-refractivity contribution in [2.24, 2.45) is 5.41 Å². The lowest BCUT2D eigenvalue weighted by Crippen LogP contribution is -2.41. The Bertz CT molecular complexity index is 1810. The summed E-state index contributed by atoms with van der Waals surface area (Å²) in [6.45, 7) is 3.06. The van der Waals surface area contributed by atoms with Crippen molar-refractivity contribution in [2.45, 2.75) is 70.2 Å². The molecule has 270 valence electrons. The van der Waals surface area contributed by atoms with Crippen LogP contribution >= 0.6 is 0 Å². The van der Waals surface area contributed by atoms with Crippen LogP contribution in [0.2, 0.25) is 0 Å². The van der Waals surface area contributed by atoms with Crippen LogP contribution in [0.3, 0.4) is 0 Å². The topological polar surface area (TPSA) is 110 Å². The molecule has 1 saturated carbocycles. The molecule has 0 heterocycles. The molecule has 0 saturated heterocycles. The molecule has 50 heavy (non-hydrogen) atoms. The van der Waals surface area contributed by atoms with Gasteiger partial charge in [0.1, 0.15) is 0 Å². The van der Waals surface area contributed by atoms with Crippen LogP contribution in [-0.2, 0) is 35.6 Å². The molecule has 3 aromatic rings. The maximum atomic E-state index is 14.5. The summed E-state index contributed by atoms with van der Waals surface area (Å²) < 4.78 is 107. The number of amides is 1. The summed E-state index contributed by atoms with van der Waals surface area (Å²) in [5, 5.41) is 0. The Labute approximate surface area is 287 Å². The van der Waals surface area contributed by atoms with Gasteiger partial charge in [0.15, 0.2) is 28.2 Å². The van der Waals surface area contributed by atoms with E-state index in [-0.39, 0.29) is 22.1 Å². The fourth-order valence-electron chi connectivity index (χ4n) is 5.38. The number of hydrogen-bond acceptors (Lipinski definition) is 7. The number of rotatable bonds is 11. The number of anilines is 1. The molecule has 0 spiro atoms. The van der Waals surface area contributed by atoms with E-state index in [2.05, 4.69) is 0 Å². The monoisotopic (exact) mass is 724 g/mol. The van der Waals surface area contributed by atoms with Crippen molar-refractivity contribution in [1.29, 1.82) is 0 Å². The normalized spacial score (nSPS) is 14.0. The van der Waals surface area contributed by atoms with Crippen molar-refractivity contribution < 1.29 is 54.2 Å². The molecule has 1 amide bonds. The molecule has 0 bridgehead atoms. The Morgan fingerprint density at radius 3 is 1.86 bits per heavy atom. The van der Waals surface area contributed by atoms with Gasteiger partial charge < -0.3 is 14.4 Å². The number of carbonyl (C=O) groups is 3. The van der Waals surface area contributed by atoms with Crippen LogP contribution in [0.15, 0.2) is 53.4 Å². The Morgan fingerprint density at radius 1 is 0.780 bits per heavy atom. The minimum absolute atomic E-state index is 0.0239. The molecule has 3 aromatic carbocycles. The number of esters is 2.